The Labute approximate surface area is 354 Å². The molecule has 2 aliphatic carbocycles. The maximum atomic E-state index is 16.0. The topological polar surface area (TPSA) is 88.2 Å². The van der Waals surface area contributed by atoms with E-state index in [4.69, 9.17) is 9.47 Å². The molecular weight excluding hydrogens is 780 g/mol. The van der Waals surface area contributed by atoms with Gasteiger partial charge < -0.3 is 19.7 Å². The monoisotopic (exact) mass is 829 g/mol. The first-order chi connectivity index (χ1) is 29.2. The highest BCUT2D eigenvalue weighted by Crippen LogP contribution is 2.49. The van der Waals surface area contributed by atoms with Crippen molar-refractivity contribution in [3.8, 4) is 11.1 Å². The van der Waals surface area contributed by atoms with Gasteiger partial charge in [-0.3, -0.25) is 9.69 Å². The molecule has 2 fully saturated rings. The number of hydrogen-bond acceptors (Lipinski definition) is 5. The maximum absolute atomic E-state index is 16.0. The Morgan fingerprint density at radius 2 is 1.34 bits per heavy atom. The third-order valence-corrected chi connectivity index (χ3v) is 12.3. The number of rotatable bonds is 10. The Morgan fingerprint density at radius 1 is 0.770 bits per heavy atom. The van der Waals surface area contributed by atoms with E-state index >= 15 is 4.39 Å². The van der Waals surface area contributed by atoms with Crippen LogP contribution in [0.3, 0.4) is 0 Å². The molecule has 2 unspecified atom stereocenters. The third kappa shape index (κ3) is 8.88. The number of piperazine rings is 1. The van der Waals surface area contributed by atoms with E-state index in [1.54, 1.807) is 60.9 Å². The Morgan fingerprint density at radius 3 is 1.90 bits per heavy atom. The standard InChI is InChI=1S/C50H50F3N3O5/c1-31(26-41-43(53)14-9-15-44(41)54-46(57)27-40(32-16-20-34(51)21-17-32)33-18-22-35(52)23-19-33)45-28-55(47(58)61-49(2,3)4)30-50(24-25-50)56(45)48(59)60-29-42-38-12-7-5-10-36(38)37-11-6-8-13-39(37)42/h5-23,31,40,42,45H,24-30H2,1-4H3,(H,54,57). The number of nitrogens with zero attached hydrogens (tertiary/aromatic N) is 2. The van der Waals surface area contributed by atoms with E-state index in [1.165, 1.54) is 36.4 Å². The van der Waals surface area contributed by atoms with Crippen LogP contribution in [-0.4, -0.2) is 64.8 Å². The van der Waals surface area contributed by atoms with Crippen molar-refractivity contribution in [1.29, 1.82) is 0 Å². The van der Waals surface area contributed by atoms with Gasteiger partial charge in [-0.2, -0.15) is 0 Å². The minimum absolute atomic E-state index is 0.0890. The van der Waals surface area contributed by atoms with Crippen molar-refractivity contribution in [3.63, 3.8) is 0 Å². The van der Waals surface area contributed by atoms with Gasteiger partial charge in [0.25, 0.3) is 0 Å². The van der Waals surface area contributed by atoms with Crippen LogP contribution in [0.5, 0.6) is 0 Å². The summed E-state index contributed by atoms with van der Waals surface area (Å²) >= 11 is 0. The van der Waals surface area contributed by atoms with E-state index in [0.29, 0.717) is 24.0 Å². The smallest absolute Gasteiger partial charge is 0.410 e. The molecule has 11 heteroatoms. The molecule has 0 radical (unpaired) electrons. The number of amides is 3. The van der Waals surface area contributed by atoms with E-state index in [1.807, 2.05) is 31.2 Å². The quantitative estimate of drug-likeness (QED) is 0.151. The van der Waals surface area contributed by atoms with Crippen LogP contribution >= 0.6 is 0 Å². The van der Waals surface area contributed by atoms with Crippen LogP contribution in [0.4, 0.5) is 28.4 Å². The fourth-order valence-electron chi connectivity index (χ4n) is 9.14. The SMILES string of the molecule is CC(Cc1c(F)cccc1NC(=O)CC(c1ccc(F)cc1)c1ccc(F)cc1)C1CN(C(=O)OC(C)(C)C)CC2(CC2)N1C(=O)OCC1c2ccccc2-c2ccccc21. The molecule has 3 aliphatic rings. The number of benzene rings is 5. The zero-order valence-corrected chi connectivity index (χ0v) is 34.8. The first-order valence-corrected chi connectivity index (χ1v) is 20.9. The lowest BCUT2D eigenvalue weighted by Crippen LogP contribution is -2.65. The van der Waals surface area contributed by atoms with E-state index in [9.17, 15) is 23.2 Å². The second-order valence-corrected chi connectivity index (χ2v) is 17.7. The molecule has 1 saturated carbocycles. The molecule has 5 aromatic rings. The first kappa shape index (κ1) is 41.6. The molecule has 1 spiro atoms. The van der Waals surface area contributed by atoms with E-state index in [-0.39, 0.29) is 49.7 Å². The molecule has 3 amide bonds. The van der Waals surface area contributed by atoms with Crippen molar-refractivity contribution in [2.45, 2.75) is 82.4 Å². The Hall–Kier alpha value is -6.10. The summed E-state index contributed by atoms with van der Waals surface area (Å²) in [5.41, 5.74) is 4.81. The normalized spacial score (nSPS) is 17.1. The fourth-order valence-corrected chi connectivity index (χ4v) is 9.14. The van der Waals surface area contributed by atoms with E-state index < -0.39 is 64.6 Å². The van der Waals surface area contributed by atoms with Crippen LogP contribution in [0, 0.1) is 23.4 Å². The lowest BCUT2D eigenvalue weighted by Gasteiger charge is -2.49. The summed E-state index contributed by atoms with van der Waals surface area (Å²) in [6, 6.07) is 31.7. The zero-order chi connectivity index (χ0) is 43.1. The van der Waals surface area contributed by atoms with Gasteiger partial charge >= 0.3 is 12.2 Å². The van der Waals surface area contributed by atoms with Crippen LogP contribution in [-0.2, 0) is 20.7 Å². The molecule has 316 valence electrons. The molecule has 0 bridgehead atoms. The predicted molar refractivity (Wildman–Crippen MR) is 228 cm³/mol. The van der Waals surface area contributed by atoms with Crippen molar-refractivity contribution < 1.29 is 37.0 Å². The lowest BCUT2D eigenvalue weighted by atomic mass is 9.87. The maximum Gasteiger partial charge on any atom is 0.410 e. The van der Waals surface area contributed by atoms with Crippen LogP contribution in [0.2, 0.25) is 0 Å². The largest absolute Gasteiger partial charge is 0.448 e. The number of anilines is 1. The van der Waals surface area contributed by atoms with E-state index in [2.05, 4.69) is 29.6 Å². The Balaban J connectivity index is 1.05. The fraction of sp³-hybridized carbons (Fsp3) is 0.340. The number of hydrogen-bond donors (Lipinski definition) is 1. The number of fused-ring (bicyclic) bond motifs is 3. The Bertz CT molecular complexity index is 2340. The molecule has 1 N–H and O–H groups in total. The van der Waals surface area contributed by atoms with Gasteiger partial charge in [0.1, 0.15) is 29.7 Å². The van der Waals surface area contributed by atoms with Crippen molar-refractivity contribution in [1.82, 2.24) is 9.80 Å². The van der Waals surface area contributed by atoms with Gasteiger partial charge in [0.2, 0.25) is 5.91 Å². The minimum atomic E-state index is -0.745. The molecule has 1 aliphatic heterocycles. The summed E-state index contributed by atoms with van der Waals surface area (Å²) < 4.78 is 55.9. The number of carbonyl (C=O) groups excluding carboxylic acids is 3. The summed E-state index contributed by atoms with van der Waals surface area (Å²) in [5.74, 6) is -2.94. The minimum Gasteiger partial charge on any atom is -0.448 e. The average molecular weight is 830 g/mol. The number of nitrogens with one attached hydrogen (secondary N) is 1. The molecule has 8 rings (SSSR count). The number of halogens is 3. The van der Waals surface area contributed by atoms with Crippen LogP contribution in [0.25, 0.3) is 11.1 Å². The van der Waals surface area contributed by atoms with Crippen molar-refractivity contribution in [2.24, 2.45) is 5.92 Å². The summed E-state index contributed by atoms with van der Waals surface area (Å²) in [4.78, 5) is 45.5. The lowest BCUT2D eigenvalue weighted by molar-refractivity contribution is -0.116. The highest BCUT2D eigenvalue weighted by Gasteiger charge is 2.59. The van der Waals surface area contributed by atoms with Gasteiger partial charge in [-0.25, -0.2) is 22.8 Å². The third-order valence-electron chi connectivity index (χ3n) is 12.3. The Kier molecular flexibility index (Phi) is 11.4. The van der Waals surface area contributed by atoms with Crippen LogP contribution in [0.1, 0.15) is 86.6 Å². The molecule has 8 nitrogen and oxygen atoms in total. The van der Waals surface area contributed by atoms with E-state index in [0.717, 1.165) is 22.3 Å². The summed E-state index contributed by atoms with van der Waals surface area (Å²) in [6.07, 6.45) is 0.355. The molecule has 2 atom stereocenters. The molecule has 5 aromatic carbocycles. The summed E-state index contributed by atoms with van der Waals surface area (Å²) in [5, 5.41) is 2.92. The molecule has 61 heavy (non-hydrogen) atoms. The van der Waals surface area contributed by atoms with Gasteiger partial charge in [-0.15, -0.1) is 0 Å². The first-order valence-electron chi connectivity index (χ1n) is 20.9. The van der Waals surface area contributed by atoms with Gasteiger partial charge in [0, 0.05) is 42.6 Å². The van der Waals surface area contributed by atoms with Gasteiger partial charge in [0.05, 0.1) is 11.6 Å². The zero-order valence-electron chi connectivity index (χ0n) is 34.8. The molecule has 1 heterocycles. The summed E-state index contributed by atoms with van der Waals surface area (Å²) in [7, 11) is 0. The van der Waals surface area contributed by atoms with Crippen molar-refractivity contribution in [2.75, 3.05) is 25.0 Å². The van der Waals surface area contributed by atoms with Crippen molar-refractivity contribution >= 4 is 23.8 Å². The second kappa shape index (κ2) is 16.7. The highest BCUT2D eigenvalue weighted by atomic mass is 19.1. The molecule has 1 saturated heterocycles. The molecular formula is C50H50F3N3O5. The van der Waals surface area contributed by atoms with Crippen molar-refractivity contribution in [3.05, 3.63) is 161 Å². The second-order valence-electron chi connectivity index (χ2n) is 17.7. The summed E-state index contributed by atoms with van der Waals surface area (Å²) in [6.45, 7) is 7.87. The van der Waals surface area contributed by atoms with Crippen LogP contribution in [0.15, 0.2) is 115 Å². The van der Waals surface area contributed by atoms with Crippen LogP contribution < -0.4 is 5.32 Å². The van der Waals surface area contributed by atoms with Gasteiger partial charge in [-0.05, 0) is 116 Å². The van der Waals surface area contributed by atoms with Gasteiger partial charge in [0.15, 0.2) is 0 Å². The number of ether oxygens (including phenoxy) is 2. The highest BCUT2D eigenvalue weighted by molar-refractivity contribution is 5.92. The van der Waals surface area contributed by atoms with Gasteiger partial charge in [-0.1, -0.05) is 85.8 Å². The molecule has 0 aromatic heterocycles. The predicted octanol–water partition coefficient (Wildman–Crippen LogP) is 10.8. The number of carbonyl (C=O) groups is 3. The average Bonchev–Trinajstić information content (AvgIpc) is 3.91.